The van der Waals surface area contributed by atoms with E-state index in [9.17, 15) is 18.3 Å². The highest BCUT2D eigenvalue weighted by Crippen LogP contribution is 2.29. The Hall–Kier alpha value is -3.63. The number of hydrogen-bond donors (Lipinski definition) is 3. The van der Waals surface area contributed by atoms with Crippen LogP contribution in [0, 0.1) is 6.92 Å². The molecule has 0 aliphatic rings. The van der Waals surface area contributed by atoms with Gasteiger partial charge < -0.3 is 10.4 Å². The van der Waals surface area contributed by atoms with Crippen molar-refractivity contribution in [1.82, 2.24) is 14.6 Å². The van der Waals surface area contributed by atoms with E-state index in [1.165, 1.54) is 28.9 Å². The van der Waals surface area contributed by atoms with Crippen molar-refractivity contribution in [2.24, 2.45) is 0 Å². The first-order chi connectivity index (χ1) is 14.7. The molecule has 0 aliphatic heterocycles. The number of carbonyl (C=O) groups excluding carboxylic acids is 1. The standard InChI is InChI=1S/C20H16ClN5O4S/c1-12-18(19-22-8-3-9-26(19)24-12)20(28)23-16-11-15(6-7-17(16)27)31(29,30)25-14-5-2-4-13(21)10-14/h2-11,25,27H,1H3,(H,23,28). The molecule has 0 radical (unpaired) electrons. The number of anilines is 2. The molecule has 0 spiro atoms. The van der Waals surface area contributed by atoms with Crippen LogP contribution in [0.2, 0.25) is 5.02 Å². The smallest absolute Gasteiger partial charge is 0.261 e. The first kappa shape index (κ1) is 20.6. The summed E-state index contributed by atoms with van der Waals surface area (Å²) >= 11 is 5.90. The summed E-state index contributed by atoms with van der Waals surface area (Å²) in [5.41, 5.74) is 1.18. The zero-order chi connectivity index (χ0) is 22.2. The molecule has 2 heterocycles. The minimum absolute atomic E-state index is 0.0753. The Kier molecular flexibility index (Phi) is 5.25. The largest absolute Gasteiger partial charge is 0.506 e. The van der Waals surface area contributed by atoms with Crippen LogP contribution in [-0.2, 0) is 10.0 Å². The van der Waals surface area contributed by atoms with E-state index in [0.717, 1.165) is 6.07 Å². The van der Waals surface area contributed by atoms with E-state index >= 15 is 0 Å². The van der Waals surface area contributed by atoms with Crippen LogP contribution in [-0.4, -0.2) is 34.0 Å². The molecule has 11 heteroatoms. The van der Waals surface area contributed by atoms with Crippen molar-refractivity contribution in [3.05, 3.63) is 77.2 Å². The van der Waals surface area contributed by atoms with Crippen LogP contribution in [0.25, 0.3) is 5.65 Å². The number of phenolic OH excluding ortho intramolecular Hbond substituents is 1. The van der Waals surface area contributed by atoms with Crippen LogP contribution >= 0.6 is 11.6 Å². The molecule has 0 bridgehead atoms. The van der Waals surface area contributed by atoms with Gasteiger partial charge in [-0.15, -0.1) is 0 Å². The maximum absolute atomic E-state index is 12.9. The fraction of sp³-hybridized carbons (Fsp3) is 0.0500. The number of fused-ring (bicyclic) bond motifs is 1. The van der Waals surface area contributed by atoms with Crippen molar-refractivity contribution in [2.45, 2.75) is 11.8 Å². The molecule has 0 fully saturated rings. The Labute approximate surface area is 182 Å². The number of halogens is 1. The highest BCUT2D eigenvalue weighted by Gasteiger charge is 2.21. The molecule has 3 N–H and O–H groups in total. The van der Waals surface area contributed by atoms with Gasteiger partial charge in [-0.25, -0.2) is 17.9 Å². The molecule has 4 aromatic rings. The zero-order valence-electron chi connectivity index (χ0n) is 16.1. The normalized spacial score (nSPS) is 11.4. The molecule has 2 aromatic heterocycles. The molecular weight excluding hydrogens is 442 g/mol. The molecule has 9 nitrogen and oxygen atoms in total. The van der Waals surface area contributed by atoms with Gasteiger partial charge in [-0.1, -0.05) is 17.7 Å². The maximum atomic E-state index is 12.9. The molecule has 2 aromatic carbocycles. The first-order valence-corrected chi connectivity index (χ1v) is 10.8. The monoisotopic (exact) mass is 457 g/mol. The van der Waals surface area contributed by atoms with Gasteiger partial charge in [-0.3, -0.25) is 9.52 Å². The number of sulfonamides is 1. The van der Waals surface area contributed by atoms with Gasteiger partial charge in [0.2, 0.25) is 0 Å². The first-order valence-electron chi connectivity index (χ1n) is 8.97. The van der Waals surface area contributed by atoms with Crippen molar-refractivity contribution in [1.29, 1.82) is 0 Å². The van der Waals surface area contributed by atoms with Crippen molar-refractivity contribution in [2.75, 3.05) is 10.0 Å². The number of phenols is 1. The van der Waals surface area contributed by atoms with E-state index in [1.54, 1.807) is 37.4 Å². The number of carbonyl (C=O) groups is 1. The number of hydrogen-bond acceptors (Lipinski definition) is 6. The van der Waals surface area contributed by atoms with E-state index in [2.05, 4.69) is 20.1 Å². The Morgan fingerprint density at radius 1 is 1.16 bits per heavy atom. The Bertz CT molecular complexity index is 1420. The lowest BCUT2D eigenvalue weighted by molar-refractivity contribution is 0.102. The SMILES string of the molecule is Cc1nn2cccnc2c1C(=O)Nc1cc(S(=O)(=O)Nc2cccc(Cl)c2)ccc1O. The molecule has 158 valence electrons. The molecule has 0 saturated carbocycles. The summed E-state index contributed by atoms with van der Waals surface area (Å²) in [6, 6.07) is 11.5. The van der Waals surface area contributed by atoms with Gasteiger partial charge in [-0.2, -0.15) is 5.10 Å². The van der Waals surface area contributed by atoms with Crippen LogP contribution in [0.4, 0.5) is 11.4 Å². The number of nitrogens with one attached hydrogen (secondary N) is 2. The lowest BCUT2D eigenvalue weighted by Gasteiger charge is -2.12. The molecule has 4 rings (SSSR count). The van der Waals surface area contributed by atoms with Crippen LogP contribution in [0.3, 0.4) is 0 Å². The average Bonchev–Trinajstić information content (AvgIpc) is 3.05. The summed E-state index contributed by atoms with van der Waals surface area (Å²) in [6.45, 7) is 1.65. The number of nitrogens with zero attached hydrogens (tertiary/aromatic N) is 3. The van der Waals surface area contributed by atoms with Gasteiger partial charge in [0.1, 0.15) is 11.3 Å². The second-order valence-electron chi connectivity index (χ2n) is 6.60. The summed E-state index contributed by atoms with van der Waals surface area (Å²) in [4.78, 5) is 16.9. The van der Waals surface area contributed by atoms with Gasteiger partial charge in [0.15, 0.2) is 5.65 Å². The maximum Gasteiger partial charge on any atom is 0.261 e. The highest BCUT2D eigenvalue weighted by molar-refractivity contribution is 7.92. The lowest BCUT2D eigenvalue weighted by Crippen LogP contribution is -2.16. The summed E-state index contributed by atoms with van der Waals surface area (Å²) in [6.07, 6.45) is 3.18. The van der Waals surface area contributed by atoms with E-state index in [0.29, 0.717) is 16.4 Å². The number of amides is 1. The van der Waals surface area contributed by atoms with Gasteiger partial charge >= 0.3 is 0 Å². The van der Waals surface area contributed by atoms with Crippen molar-refractivity contribution in [3.63, 3.8) is 0 Å². The fourth-order valence-corrected chi connectivity index (χ4v) is 4.26. The third-order valence-corrected chi connectivity index (χ3v) is 6.01. The van der Waals surface area contributed by atoms with Crippen LogP contribution in [0.1, 0.15) is 16.1 Å². The van der Waals surface area contributed by atoms with E-state index in [1.807, 2.05) is 0 Å². The van der Waals surface area contributed by atoms with Crippen molar-refractivity contribution in [3.8, 4) is 5.75 Å². The summed E-state index contributed by atoms with van der Waals surface area (Å²) in [5, 5.41) is 17.3. The molecule has 0 aliphatic carbocycles. The Morgan fingerprint density at radius 2 is 1.97 bits per heavy atom. The van der Waals surface area contributed by atoms with E-state index in [4.69, 9.17) is 11.6 Å². The van der Waals surface area contributed by atoms with Crippen molar-refractivity contribution < 1.29 is 18.3 Å². The molecular formula is C20H16ClN5O4S. The second kappa shape index (κ2) is 7.89. The van der Waals surface area contributed by atoms with Gasteiger partial charge in [0.05, 0.1) is 22.0 Å². The predicted molar refractivity (Wildman–Crippen MR) is 116 cm³/mol. The molecule has 31 heavy (non-hydrogen) atoms. The Morgan fingerprint density at radius 3 is 2.74 bits per heavy atom. The van der Waals surface area contributed by atoms with Crippen LogP contribution in [0.15, 0.2) is 65.8 Å². The van der Waals surface area contributed by atoms with Crippen molar-refractivity contribution >= 4 is 44.6 Å². The van der Waals surface area contributed by atoms with E-state index in [-0.39, 0.29) is 27.6 Å². The highest BCUT2D eigenvalue weighted by atomic mass is 35.5. The summed E-state index contributed by atoms with van der Waals surface area (Å²) in [5.74, 6) is -0.879. The third kappa shape index (κ3) is 4.16. The topological polar surface area (TPSA) is 126 Å². The number of aromatic hydroxyl groups is 1. The van der Waals surface area contributed by atoms with Crippen LogP contribution < -0.4 is 10.0 Å². The van der Waals surface area contributed by atoms with Gasteiger partial charge in [-0.05, 0) is 49.4 Å². The zero-order valence-corrected chi connectivity index (χ0v) is 17.6. The molecule has 0 unspecified atom stereocenters. The summed E-state index contributed by atoms with van der Waals surface area (Å²) in [7, 11) is -4.00. The molecule has 0 saturated heterocycles. The molecule has 1 amide bonds. The fourth-order valence-electron chi connectivity index (χ4n) is 3.00. The number of benzene rings is 2. The number of rotatable bonds is 5. The Balaban J connectivity index is 1.65. The lowest BCUT2D eigenvalue weighted by atomic mass is 10.2. The van der Waals surface area contributed by atoms with E-state index < -0.39 is 15.9 Å². The second-order valence-corrected chi connectivity index (χ2v) is 8.72. The van der Waals surface area contributed by atoms with Gasteiger partial charge in [0.25, 0.3) is 15.9 Å². The van der Waals surface area contributed by atoms with Crippen LogP contribution in [0.5, 0.6) is 5.75 Å². The predicted octanol–water partition coefficient (Wildman–Crippen LogP) is 3.45. The molecule has 0 atom stereocenters. The number of aromatic nitrogens is 3. The summed E-state index contributed by atoms with van der Waals surface area (Å²) < 4.78 is 29.4. The quantitative estimate of drug-likeness (QED) is 0.394. The minimum Gasteiger partial charge on any atom is -0.506 e. The number of aryl methyl sites for hydroxylation is 1. The van der Waals surface area contributed by atoms with Gasteiger partial charge in [0, 0.05) is 17.4 Å². The minimum atomic E-state index is -4.00. The third-order valence-electron chi connectivity index (χ3n) is 4.40. The average molecular weight is 458 g/mol.